The van der Waals surface area contributed by atoms with Gasteiger partial charge in [0.2, 0.25) is 0 Å². The molecule has 1 aliphatic rings. The van der Waals surface area contributed by atoms with Crippen molar-refractivity contribution in [2.24, 2.45) is 17.1 Å². The van der Waals surface area contributed by atoms with Gasteiger partial charge in [-0.1, -0.05) is 39.4 Å². The van der Waals surface area contributed by atoms with Gasteiger partial charge in [-0.25, -0.2) is 0 Å². The van der Waals surface area contributed by atoms with E-state index in [1.165, 1.54) is 19.4 Å². The van der Waals surface area contributed by atoms with E-state index in [2.05, 4.69) is 25.7 Å². The van der Waals surface area contributed by atoms with Crippen LogP contribution in [0.1, 0.15) is 46.5 Å². The smallest absolute Gasteiger partial charge is 0.0788 e. The Labute approximate surface area is 106 Å². The molecule has 16 heavy (non-hydrogen) atoms. The zero-order valence-electron chi connectivity index (χ0n) is 11.0. The second kappa shape index (κ2) is 5.97. The molecule has 1 fully saturated rings. The largest absolute Gasteiger partial charge is 0.393 e. The molecule has 0 aromatic heterocycles. The van der Waals surface area contributed by atoms with Gasteiger partial charge in [0, 0.05) is 12.0 Å². The van der Waals surface area contributed by atoms with Crippen molar-refractivity contribution in [1.82, 2.24) is 4.90 Å². The molecule has 0 radical (unpaired) electrons. The van der Waals surface area contributed by atoms with Gasteiger partial charge in [-0.15, -0.1) is 0 Å². The highest BCUT2D eigenvalue weighted by molar-refractivity contribution is 7.80. The summed E-state index contributed by atoms with van der Waals surface area (Å²) in [6.07, 6.45) is 4.88. The molecule has 1 atom stereocenters. The lowest BCUT2D eigenvalue weighted by atomic mass is 9.80. The van der Waals surface area contributed by atoms with Crippen LogP contribution in [0.3, 0.4) is 0 Å². The van der Waals surface area contributed by atoms with E-state index in [0.717, 1.165) is 31.8 Å². The van der Waals surface area contributed by atoms with Gasteiger partial charge in [0.15, 0.2) is 0 Å². The summed E-state index contributed by atoms with van der Waals surface area (Å²) in [6.45, 7) is 10.4. The zero-order chi connectivity index (χ0) is 12.2. The number of nitrogens with two attached hydrogens (primary N) is 1. The third kappa shape index (κ3) is 3.70. The predicted molar refractivity (Wildman–Crippen MR) is 74.6 cm³/mol. The van der Waals surface area contributed by atoms with Crippen molar-refractivity contribution in [3.8, 4) is 0 Å². The predicted octanol–water partition coefficient (Wildman–Crippen LogP) is 2.81. The molecule has 94 valence electrons. The molecule has 3 heteroatoms. The summed E-state index contributed by atoms with van der Waals surface area (Å²) >= 11 is 5.16. The number of thiocarbonyl (C=S) groups is 1. The highest BCUT2D eigenvalue weighted by Crippen LogP contribution is 2.31. The van der Waals surface area contributed by atoms with Crippen LogP contribution in [0.25, 0.3) is 0 Å². The summed E-state index contributed by atoms with van der Waals surface area (Å²) in [6, 6.07) is 0. The first-order chi connectivity index (χ1) is 7.48. The maximum absolute atomic E-state index is 5.81. The standard InChI is InChI=1S/C13H26N2S/c1-4-5-11(2)10-15-8-6-13(3,7-9-15)12(14)16/h11H,4-10H2,1-3H3,(H2,14,16). The van der Waals surface area contributed by atoms with Crippen LogP contribution in [-0.4, -0.2) is 29.5 Å². The van der Waals surface area contributed by atoms with Crippen LogP contribution < -0.4 is 5.73 Å². The lowest BCUT2D eigenvalue weighted by Crippen LogP contribution is -2.45. The molecule has 0 aromatic rings. The molecule has 0 aliphatic carbocycles. The van der Waals surface area contributed by atoms with Gasteiger partial charge in [-0.2, -0.15) is 0 Å². The fraction of sp³-hybridized carbons (Fsp3) is 0.923. The van der Waals surface area contributed by atoms with Crippen LogP contribution in [0.15, 0.2) is 0 Å². The second-order valence-electron chi connectivity index (χ2n) is 5.62. The Balaban J connectivity index is 2.34. The topological polar surface area (TPSA) is 29.3 Å². The second-order valence-corrected chi connectivity index (χ2v) is 6.06. The third-order valence-corrected chi connectivity index (χ3v) is 4.40. The number of rotatable bonds is 5. The van der Waals surface area contributed by atoms with Gasteiger partial charge in [0.05, 0.1) is 4.99 Å². The van der Waals surface area contributed by atoms with Gasteiger partial charge in [-0.05, 0) is 38.3 Å². The quantitative estimate of drug-likeness (QED) is 0.752. The number of hydrogen-bond donors (Lipinski definition) is 1. The molecular formula is C13H26N2S. The Morgan fingerprint density at radius 2 is 2.00 bits per heavy atom. The average Bonchev–Trinajstić information content (AvgIpc) is 2.22. The Hall–Kier alpha value is -0.150. The number of hydrogen-bond acceptors (Lipinski definition) is 2. The average molecular weight is 242 g/mol. The van der Waals surface area contributed by atoms with Gasteiger partial charge in [0.25, 0.3) is 0 Å². The van der Waals surface area contributed by atoms with E-state index in [-0.39, 0.29) is 5.41 Å². The van der Waals surface area contributed by atoms with Gasteiger partial charge < -0.3 is 10.6 Å². The minimum absolute atomic E-state index is 0.111. The molecule has 0 bridgehead atoms. The maximum atomic E-state index is 5.81. The molecule has 1 saturated heterocycles. The van der Waals surface area contributed by atoms with Crippen molar-refractivity contribution in [3.05, 3.63) is 0 Å². The van der Waals surface area contributed by atoms with Crippen LogP contribution in [0.5, 0.6) is 0 Å². The minimum Gasteiger partial charge on any atom is -0.393 e. The molecule has 1 aliphatic heterocycles. The number of nitrogens with zero attached hydrogens (tertiary/aromatic N) is 1. The molecule has 0 saturated carbocycles. The summed E-state index contributed by atoms with van der Waals surface area (Å²) in [5.41, 5.74) is 5.92. The molecule has 2 N–H and O–H groups in total. The van der Waals surface area contributed by atoms with Crippen molar-refractivity contribution in [3.63, 3.8) is 0 Å². The van der Waals surface area contributed by atoms with E-state index >= 15 is 0 Å². The van der Waals surface area contributed by atoms with Gasteiger partial charge in [0.1, 0.15) is 0 Å². The highest BCUT2D eigenvalue weighted by atomic mass is 32.1. The number of likely N-dealkylation sites (tertiary alicyclic amines) is 1. The molecule has 0 spiro atoms. The maximum Gasteiger partial charge on any atom is 0.0788 e. The SMILES string of the molecule is CCCC(C)CN1CCC(C)(C(N)=S)CC1. The van der Waals surface area contributed by atoms with E-state index in [9.17, 15) is 0 Å². The minimum atomic E-state index is 0.111. The Bertz CT molecular complexity index is 232. The lowest BCUT2D eigenvalue weighted by molar-refractivity contribution is 0.145. The molecule has 1 unspecified atom stereocenters. The Morgan fingerprint density at radius 3 is 2.44 bits per heavy atom. The van der Waals surface area contributed by atoms with E-state index in [1.54, 1.807) is 0 Å². The van der Waals surface area contributed by atoms with Crippen LogP contribution in [0, 0.1) is 11.3 Å². The summed E-state index contributed by atoms with van der Waals surface area (Å²) in [5, 5.41) is 0. The fourth-order valence-corrected chi connectivity index (χ4v) is 2.70. The van der Waals surface area contributed by atoms with Crippen LogP contribution in [0.4, 0.5) is 0 Å². The van der Waals surface area contributed by atoms with Gasteiger partial charge >= 0.3 is 0 Å². The van der Waals surface area contributed by atoms with Crippen LogP contribution >= 0.6 is 12.2 Å². The molecule has 0 amide bonds. The van der Waals surface area contributed by atoms with E-state index in [4.69, 9.17) is 18.0 Å². The third-order valence-electron chi connectivity index (χ3n) is 3.91. The first-order valence-electron chi connectivity index (χ1n) is 6.50. The van der Waals surface area contributed by atoms with E-state index < -0.39 is 0 Å². The van der Waals surface area contributed by atoms with Crippen LogP contribution in [0.2, 0.25) is 0 Å². The van der Waals surface area contributed by atoms with Crippen molar-refractivity contribution in [2.45, 2.75) is 46.5 Å². The fourth-order valence-electron chi connectivity index (χ4n) is 2.50. The van der Waals surface area contributed by atoms with Gasteiger partial charge in [-0.3, -0.25) is 0 Å². The molecule has 1 rings (SSSR count). The van der Waals surface area contributed by atoms with Crippen molar-refractivity contribution >= 4 is 17.2 Å². The molecule has 0 aromatic carbocycles. The lowest BCUT2D eigenvalue weighted by Gasteiger charge is -2.39. The van der Waals surface area contributed by atoms with E-state index in [1.807, 2.05) is 0 Å². The normalized spacial score (nSPS) is 22.9. The zero-order valence-corrected chi connectivity index (χ0v) is 11.8. The Kier molecular flexibility index (Phi) is 5.19. The monoisotopic (exact) mass is 242 g/mol. The molecule has 2 nitrogen and oxygen atoms in total. The molecular weight excluding hydrogens is 216 g/mol. The first-order valence-corrected chi connectivity index (χ1v) is 6.91. The highest BCUT2D eigenvalue weighted by Gasteiger charge is 2.32. The summed E-state index contributed by atoms with van der Waals surface area (Å²) in [7, 11) is 0. The van der Waals surface area contributed by atoms with Crippen molar-refractivity contribution < 1.29 is 0 Å². The first kappa shape index (κ1) is 13.9. The Morgan fingerprint density at radius 1 is 1.44 bits per heavy atom. The van der Waals surface area contributed by atoms with Crippen molar-refractivity contribution in [1.29, 1.82) is 0 Å². The van der Waals surface area contributed by atoms with Crippen LogP contribution in [-0.2, 0) is 0 Å². The molecule has 1 heterocycles. The number of piperidine rings is 1. The van der Waals surface area contributed by atoms with Crippen molar-refractivity contribution in [2.75, 3.05) is 19.6 Å². The summed E-state index contributed by atoms with van der Waals surface area (Å²) in [5.74, 6) is 0.819. The van der Waals surface area contributed by atoms with E-state index in [0.29, 0.717) is 4.99 Å². The summed E-state index contributed by atoms with van der Waals surface area (Å²) in [4.78, 5) is 3.27. The summed E-state index contributed by atoms with van der Waals surface area (Å²) < 4.78 is 0.